The number of amides is 4. The van der Waals surface area contributed by atoms with Crippen molar-refractivity contribution < 1.29 is 38.7 Å². The first-order valence-electron chi connectivity index (χ1n) is 18.7. The zero-order valence-electron chi connectivity index (χ0n) is 31.1. The van der Waals surface area contributed by atoms with Crippen LogP contribution in [0.1, 0.15) is 117 Å². The van der Waals surface area contributed by atoms with Crippen molar-refractivity contribution in [1.82, 2.24) is 20.9 Å². The summed E-state index contributed by atoms with van der Waals surface area (Å²) in [5, 5.41) is 17.4. The van der Waals surface area contributed by atoms with E-state index in [0.717, 1.165) is 24.8 Å². The fraction of sp³-hybridized carbons (Fsp3) is 0.667. The number of fused-ring (bicyclic) bond motifs is 1. The molecule has 1 heterocycles. The number of unbranched alkanes of at least 4 members (excludes halogenated alkanes) is 1. The number of ketones is 2. The number of carbonyl (C=O) groups excluding carboxylic acids is 6. The average molecular weight is 711 g/mol. The molecule has 12 heteroatoms. The third-order valence-corrected chi connectivity index (χ3v) is 10.4. The van der Waals surface area contributed by atoms with E-state index in [-0.39, 0.29) is 61.0 Å². The minimum Gasteiger partial charge on any atom is -0.481 e. The molecule has 0 bridgehead atoms. The maximum Gasteiger partial charge on any atom is 0.303 e. The number of benzene rings is 1. The summed E-state index contributed by atoms with van der Waals surface area (Å²) in [6, 6.07) is 5.99. The first kappa shape index (κ1) is 41.3. The van der Waals surface area contributed by atoms with Gasteiger partial charge in [-0.3, -0.25) is 33.6 Å². The highest BCUT2D eigenvalue weighted by molar-refractivity contribution is 6.38. The van der Waals surface area contributed by atoms with Crippen molar-refractivity contribution in [2.24, 2.45) is 29.6 Å². The van der Waals surface area contributed by atoms with Gasteiger partial charge in [-0.15, -0.1) is 0 Å². The van der Waals surface area contributed by atoms with E-state index in [9.17, 15) is 33.6 Å². The topological polar surface area (TPSA) is 179 Å². The molecule has 2 fully saturated rings. The van der Waals surface area contributed by atoms with E-state index in [1.165, 1.54) is 0 Å². The quantitative estimate of drug-likeness (QED) is 0.114. The van der Waals surface area contributed by atoms with Crippen LogP contribution in [-0.2, 0) is 33.6 Å². The van der Waals surface area contributed by atoms with Crippen LogP contribution in [0.5, 0.6) is 0 Å². The molecule has 1 saturated heterocycles. The molecule has 1 aromatic rings. The van der Waals surface area contributed by atoms with Gasteiger partial charge in [0.15, 0.2) is 0 Å². The van der Waals surface area contributed by atoms with Crippen molar-refractivity contribution >= 4 is 41.2 Å². The van der Waals surface area contributed by atoms with Crippen LogP contribution in [0.2, 0.25) is 0 Å². The smallest absolute Gasteiger partial charge is 0.303 e. The van der Waals surface area contributed by atoms with E-state index >= 15 is 0 Å². The zero-order chi connectivity index (χ0) is 37.8. The number of hydrogen-bond donors (Lipinski definition) is 4. The Bertz CT molecular complexity index is 1400. The fourth-order valence-electron chi connectivity index (χ4n) is 7.46. The van der Waals surface area contributed by atoms with Gasteiger partial charge in [-0.1, -0.05) is 77.8 Å². The van der Waals surface area contributed by atoms with Gasteiger partial charge in [0.25, 0.3) is 5.91 Å². The van der Waals surface area contributed by atoms with Gasteiger partial charge >= 0.3 is 5.97 Å². The summed E-state index contributed by atoms with van der Waals surface area (Å²) in [4.78, 5) is 93.6. The largest absolute Gasteiger partial charge is 0.481 e. The van der Waals surface area contributed by atoms with Crippen LogP contribution >= 0.6 is 0 Å². The Morgan fingerprint density at radius 1 is 0.863 bits per heavy atom. The Balaban J connectivity index is 1.74. The van der Waals surface area contributed by atoms with Crippen LogP contribution in [0.25, 0.3) is 0 Å². The molecule has 1 aromatic carbocycles. The third-order valence-electron chi connectivity index (χ3n) is 10.4. The van der Waals surface area contributed by atoms with Gasteiger partial charge in [-0.25, -0.2) is 0 Å². The van der Waals surface area contributed by atoms with Gasteiger partial charge in [-0.2, -0.15) is 0 Å². The number of rotatable bonds is 20. The molecule has 4 N–H and O–H groups in total. The SMILES string of the molecule is CCC[C@@H](NC(=O)C1[C@H]2CCC[C@H]2CN1C(=O)[C@@H](NC(=O)[C@@H](CC(=O)CCCCC(=O)O)C(C)C)C(C)C)C(=O)C(=O)N[C@@H](C)c1ccccc1. The molecule has 1 unspecified atom stereocenters. The minimum atomic E-state index is -1.06. The zero-order valence-corrected chi connectivity index (χ0v) is 31.1. The van der Waals surface area contributed by atoms with Gasteiger partial charge < -0.3 is 26.0 Å². The number of hydrogen-bond acceptors (Lipinski definition) is 7. The second-order valence-electron chi connectivity index (χ2n) is 15.0. The van der Waals surface area contributed by atoms with Crippen LogP contribution in [0, 0.1) is 29.6 Å². The van der Waals surface area contributed by atoms with Gasteiger partial charge in [0.2, 0.25) is 23.5 Å². The predicted octanol–water partition coefficient (Wildman–Crippen LogP) is 4.36. The Kier molecular flexibility index (Phi) is 15.8. The minimum absolute atomic E-state index is 0.0149. The summed E-state index contributed by atoms with van der Waals surface area (Å²) in [6.45, 7) is 11.3. The molecule has 1 aliphatic heterocycles. The number of nitrogens with zero attached hydrogens (tertiary/aromatic N) is 1. The van der Waals surface area contributed by atoms with E-state index < -0.39 is 59.6 Å². The maximum atomic E-state index is 14.3. The lowest BCUT2D eigenvalue weighted by Crippen LogP contribution is -2.59. The summed E-state index contributed by atoms with van der Waals surface area (Å²) in [7, 11) is 0. The predicted molar refractivity (Wildman–Crippen MR) is 192 cm³/mol. The van der Waals surface area contributed by atoms with Crippen LogP contribution in [0.4, 0.5) is 0 Å². The lowest BCUT2D eigenvalue weighted by Gasteiger charge is -2.33. The normalized spacial score (nSPS) is 20.6. The number of carboxylic acids is 1. The first-order chi connectivity index (χ1) is 24.2. The molecule has 282 valence electrons. The molecular weight excluding hydrogens is 652 g/mol. The van der Waals surface area contributed by atoms with Crippen molar-refractivity contribution in [2.75, 3.05) is 6.54 Å². The van der Waals surface area contributed by atoms with E-state index in [1.54, 1.807) is 11.8 Å². The maximum absolute atomic E-state index is 14.3. The number of aliphatic carboxylic acids is 1. The molecule has 12 nitrogen and oxygen atoms in total. The number of Topliss-reactive ketones (excluding diaryl/α,β-unsaturated/α-hetero) is 2. The Hall–Kier alpha value is -4.09. The lowest BCUT2D eigenvalue weighted by atomic mass is 9.88. The highest BCUT2D eigenvalue weighted by Crippen LogP contribution is 2.43. The van der Waals surface area contributed by atoms with E-state index in [0.29, 0.717) is 25.8 Å². The van der Waals surface area contributed by atoms with Crippen LogP contribution < -0.4 is 16.0 Å². The summed E-state index contributed by atoms with van der Waals surface area (Å²) >= 11 is 0. The van der Waals surface area contributed by atoms with Gasteiger partial charge in [-0.05, 0) is 68.3 Å². The van der Waals surface area contributed by atoms with Crippen molar-refractivity contribution in [2.45, 2.75) is 130 Å². The van der Waals surface area contributed by atoms with Crippen molar-refractivity contribution in [3.05, 3.63) is 35.9 Å². The molecule has 4 amide bonds. The van der Waals surface area contributed by atoms with E-state index in [4.69, 9.17) is 5.11 Å². The van der Waals surface area contributed by atoms with E-state index in [1.807, 2.05) is 65.0 Å². The van der Waals surface area contributed by atoms with Gasteiger partial charge in [0, 0.05) is 31.7 Å². The van der Waals surface area contributed by atoms with Crippen molar-refractivity contribution in [1.29, 1.82) is 0 Å². The molecular formula is C39H58N4O8. The Labute approximate surface area is 302 Å². The summed E-state index contributed by atoms with van der Waals surface area (Å²) in [5.74, 6) is -5.06. The summed E-state index contributed by atoms with van der Waals surface area (Å²) in [6.07, 6.45) is 4.27. The van der Waals surface area contributed by atoms with Crippen LogP contribution in [0.3, 0.4) is 0 Å². The number of carboxylic acid groups (broad SMARTS) is 1. The second-order valence-corrected chi connectivity index (χ2v) is 15.0. The number of likely N-dealkylation sites (tertiary alicyclic amines) is 1. The summed E-state index contributed by atoms with van der Waals surface area (Å²) in [5.41, 5.74) is 0.841. The molecule has 3 rings (SSSR count). The lowest BCUT2D eigenvalue weighted by molar-refractivity contribution is -0.145. The van der Waals surface area contributed by atoms with Crippen LogP contribution in [-0.4, -0.2) is 75.8 Å². The highest BCUT2D eigenvalue weighted by Gasteiger charge is 2.51. The molecule has 51 heavy (non-hydrogen) atoms. The van der Waals surface area contributed by atoms with Gasteiger partial charge in [0.1, 0.15) is 17.9 Å². The highest BCUT2D eigenvalue weighted by atomic mass is 16.4. The van der Waals surface area contributed by atoms with Crippen molar-refractivity contribution in [3.8, 4) is 0 Å². The monoisotopic (exact) mass is 710 g/mol. The molecule has 2 aliphatic rings. The molecule has 0 aromatic heterocycles. The molecule has 0 radical (unpaired) electrons. The third kappa shape index (κ3) is 11.5. The summed E-state index contributed by atoms with van der Waals surface area (Å²) < 4.78 is 0. The molecule has 7 atom stereocenters. The molecule has 0 spiro atoms. The Morgan fingerprint density at radius 2 is 1.53 bits per heavy atom. The second kappa shape index (κ2) is 19.5. The number of carbonyl (C=O) groups is 7. The molecule has 1 aliphatic carbocycles. The van der Waals surface area contributed by atoms with E-state index in [2.05, 4.69) is 16.0 Å². The fourth-order valence-corrected chi connectivity index (χ4v) is 7.46. The van der Waals surface area contributed by atoms with Crippen molar-refractivity contribution in [3.63, 3.8) is 0 Å². The molecule has 1 saturated carbocycles. The van der Waals surface area contributed by atoms with Crippen LogP contribution in [0.15, 0.2) is 30.3 Å². The number of nitrogens with one attached hydrogen (secondary N) is 3. The average Bonchev–Trinajstić information content (AvgIpc) is 3.69. The Morgan fingerprint density at radius 3 is 2.14 bits per heavy atom. The first-order valence-corrected chi connectivity index (χ1v) is 18.7. The standard InChI is InChI=1S/C39H58N4O8/c1-7-14-31(35(47)38(50)40-25(6)26-15-9-8-10-16-26)41-37(49)34-29-19-13-17-27(29)22-43(34)39(51)33(24(4)5)42-36(48)30(23(2)3)21-28(44)18-11-12-20-32(45)46/h8-10,15-16,23-25,27,29-31,33-34H,7,11-14,17-22H2,1-6H3,(H,40,50)(H,41,49)(H,42,48)(H,45,46)/t25-,27-,29-,30-,31+,33-,34?/m0/s1. The van der Waals surface area contributed by atoms with Gasteiger partial charge in [0.05, 0.1) is 12.1 Å².